The molecule has 178 valence electrons. The molecule has 32 heavy (non-hydrogen) atoms. The number of allylic oxidation sites excluding steroid dienone is 2. The Morgan fingerprint density at radius 1 is 0.938 bits per heavy atom. The molecule has 0 aliphatic heterocycles. The van der Waals surface area contributed by atoms with E-state index in [1.807, 2.05) is 13.0 Å². The number of hydrogen-bond donors (Lipinski definition) is 0. The molecule has 0 atom stereocenters. The molecule has 2 fully saturated rings. The zero-order valence-electron chi connectivity index (χ0n) is 19.2. The zero-order valence-corrected chi connectivity index (χ0v) is 19.2. The highest BCUT2D eigenvalue weighted by atomic mass is 19.2. The van der Waals surface area contributed by atoms with Gasteiger partial charge in [-0.3, -0.25) is 4.79 Å². The summed E-state index contributed by atoms with van der Waals surface area (Å²) >= 11 is 0. The fourth-order valence-corrected chi connectivity index (χ4v) is 5.24. The monoisotopic (exact) mass is 452 g/mol. The third-order valence-corrected chi connectivity index (χ3v) is 7.02. The Morgan fingerprint density at radius 3 is 2.09 bits per heavy atom. The summed E-state index contributed by atoms with van der Waals surface area (Å²) in [6.07, 6.45) is 10.8. The van der Waals surface area contributed by atoms with Crippen molar-refractivity contribution in [2.75, 3.05) is 6.61 Å². The van der Waals surface area contributed by atoms with E-state index in [0.717, 1.165) is 44.9 Å². The minimum Gasteiger partial charge on any atom is -0.491 e. The van der Waals surface area contributed by atoms with E-state index in [1.165, 1.54) is 12.1 Å². The SMILES string of the molecule is CCCC(F)=CC1CCC(C2CCC(C(=O)Oc3ccc(OCC)c(F)c3F)CC2)CC1. The average Bonchev–Trinajstić information content (AvgIpc) is 2.79. The van der Waals surface area contributed by atoms with Crippen LogP contribution in [0.5, 0.6) is 11.5 Å². The summed E-state index contributed by atoms with van der Waals surface area (Å²) in [5.41, 5.74) is 0. The molecular formula is C26H35F3O3. The zero-order chi connectivity index (χ0) is 23.1. The van der Waals surface area contributed by atoms with Gasteiger partial charge in [-0.25, -0.2) is 4.39 Å². The van der Waals surface area contributed by atoms with Crippen LogP contribution in [0.15, 0.2) is 24.0 Å². The van der Waals surface area contributed by atoms with Gasteiger partial charge in [0.2, 0.25) is 11.6 Å². The van der Waals surface area contributed by atoms with E-state index < -0.39 is 17.6 Å². The molecule has 0 radical (unpaired) electrons. The van der Waals surface area contributed by atoms with Gasteiger partial charge in [-0.05, 0) is 107 Å². The summed E-state index contributed by atoms with van der Waals surface area (Å²) in [4.78, 5) is 12.5. The van der Waals surface area contributed by atoms with Crippen LogP contribution in [0.4, 0.5) is 13.2 Å². The van der Waals surface area contributed by atoms with Gasteiger partial charge in [0, 0.05) is 0 Å². The molecule has 2 aliphatic rings. The van der Waals surface area contributed by atoms with Crippen molar-refractivity contribution in [2.45, 2.75) is 78.1 Å². The van der Waals surface area contributed by atoms with E-state index in [1.54, 1.807) is 6.92 Å². The van der Waals surface area contributed by atoms with Gasteiger partial charge >= 0.3 is 5.97 Å². The molecule has 1 aromatic carbocycles. The van der Waals surface area contributed by atoms with Gasteiger partial charge in [-0.1, -0.05) is 6.92 Å². The van der Waals surface area contributed by atoms with Crippen molar-refractivity contribution in [3.63, 3.8) is 0 Å². The van der Waals surface area contributed by atoms with E-state index >= 15 is 0 Å². The van der Waals surface area contributed by atoms with Gasteiger partial charge in [0.05, 0.1) is 18.4 Å². The Balaban J connectivity index is 1.46. The summed E-state index contributed by atoms with van der Waals surface area (Å²) in [7, 11) is 0. The van der Waals surface area contributed by atoms with Crippen LogP contribution < -0.4 is 9.47 Å². The fourth-order valence-electron chi connectivity index (χ4n) is 5.24. The maximum atomic E-state index is 14.2. The molecule has 0 N–H and O–H groups in total. The van der Waals surface area contributed by atoms with Crippen molar-refractivity contribution in [1.82, 2.24) is 0 Å². The highest BCUT2D eigenvalue weighted by molar-refractivity contribution is 5.75. The summed E-state index contributed by atoms with van der Waals surface area (Å²) in [5, 5.41) is 0. The maximum absolute atomic E-state index is 14.2. The number of ether oxygens (including phenoxy) is 2. The normalized spacial score (nSPS) is 26.6. The summed E-state index contributed by atoms with van der Waals surface area (Å²) in [6.45, 7) is 3.88. The van der Waals surface area contributed by atoms with Crippen molar-refractivity contribution >= 4 is 5.97 Å². The molecule has 3 rings (SSSR count). The third kappa shape index (κ3) is 6.29. The van der Waals surface area contributed by atoms with Gasteiger partial charge in [0.25, 0.3) is 0 Å². The first-order valence-electron chi connectivity index (χ1n) is 12.1. The van der Waals surface area contributed by atoms with Crippen molar-refractivity contribution in [2.24, 2.45) is 23.7 Å². The van der Waals surface area contributed by atoms with E-state index in [2.05, 4.69) is 0 Å². The first-order chi connectivity index (χ1) is 15.4. The van der Waals surface area contributed by atoms with Crippen LogP contribution in [-0.4, -0.2) is 12.6 Å². The van der Waals surface area contributed by atoms with Gasteiger partial charge in [-0.15, -0.1) is 0 Å². The first-order valence-corrected chi connectivity index (χ1v) is 12.1. The topological polar surface area (TPSA) is 35.5 Å². The van der Waals surface area contributed by atoms with E-state index in [9.17, 15) is 18.0 Å². The first kappa shape index (κ1) is 24.7. The Labute approximate surface area is 189 Å². The largest absolute Gasteiger partial charge is 0.491 e. The van der Waals surface area contributed by atoms with Crippen molar-refractivity contribution in [3.8, 4) is 11.5 Å². The molecule has 0 bridgehead atoms. The molecule has 0 spiro atoms. The molecule has 0 amide bonds. The quantitative estimate of drug-likeness (QED) is 0.302. The maximum Gasteiger partial charge on any atom is 0.314 e. The molecular weight excluding hydrogens is 417 g/mol. The number of rotatable bonds is 8. The minimum absolute atomic E-state index is 0.0267. The third-order valence-electron chi connectivity index (χ3n) is 7.02. The second-order valence-corrected chi connectivity index (χ2v) is 9.19. The fraction of sp³-hybridized carbons (Fsp3) is 0.654. The number of esters is 1. The van der Waals surface area contributed by atoms with E-state index in [-0.39, 0.29) is 29.9 Å². The lowest BCUT2D eigenvalue weighted by atomic mass is 9.69. The van der Waals surface area contributed by atoms with Crippen LogP contribution in [0.2, 0.25) is 0 Å². The molecule has 0 saturated heterocycles. The standard InChI is InChI=1S/C26H35F3O3/c1-3-5-21(27)16-17-6-8-18(9-7-17)19-10-12-20(13-11-19)26(30)32-23-15-14-22(31-4-2)24(28)25(23)29/h14-20H,3-13H2,1-2H3. The highest BCUT2D eigenvalue weighted by Crippen LogP contribution is 2.42. The summed E-state index contributed by atoms with van der Waals surface area (Å²) < 4.78 is 52.2. The Hall–Kier alpha value is -1.98. The van der Waals surface area contributed by atoms with Crippen LogP contribution in [0.1, 0.15) is 78.1 Å². The Bertz CT molecular complexity index is 792. The number of halogens is 3. The predicted molar refractivity (Wildman–Crippen MR) is 118 cm³/mol. The number of benzene rings is 1. The van der Waals surface area contributed by atoms with Gasteiger partial charge in [0.15, 0.2) is 11.5 Å². The van der Waals surface area contributed by atoms with Crippen molar-refractivity contribution in [3.05, 3.63) is 35.7 Å². The molecule has 0 aromatic heterocycles. The van der Waals surface area contributed by atoms with Gasteiger partial charge < -0.3 is 9.47 Å². The molecule has 6 heteroatoms. The summed E-state index contributed by atoms with van der Waals surface area (Å²) in [6, 6.07) is 2.52. The molecule has 0 heterocycles. The molecule has 2 saturated carbocycles. The molecule has 1 aromatic rings. The van der Waals surface area contributed by atoms with Crippen LogP contribution in [-0.2, 0) is 4.79 Å². The Morgan fingerprint density at radius 2 is 1.50 bits per heavy atom. The summed E-state index contributed by atoms with van der Waals surface area (Å²) in [5.74, 6) is -2.11. The molecule has 0 unspecified atom stereocenters. The predicted octanol–water partition coefficient (Wildman–Crippen LogP) is 7.54. The molecule has 3 nitrogen and oxygen atoms in total. The lowest BCUT2D eigenvalue weighted by Crippen LogP contribution is -2.30. The minimum atomic E-state index is -1.20. The highest BCUT2D eigenvalue weighted by Gasteiger charge is 2.34. The Kier molecular flexibility index (Phi) is 9.06. The average molecular weight is 453 g/mol. The number of hydrogen-bond acceptors (Lipinski definition) is 3. The second-order valence-electron chi connectivity index (χ2n) is 9.19. The lowest BCUT2D eigenvalue weighted by Gasteiger charge is -2.36. The van der Waals surface area contributed by atoms with Crippen LogP contribution >= 0.6 is 0 Å². The van der Waals surface area contributed by atoms with E-state index in [4.69, 9.17) is 9.47 Å². The molecule has 2 aliphatic carbocycles. The lowest BCUT2D eigenvalue weighted by molar-refractivity contribution is -0.140. The number of carbonyl (C=O) groups is 1. The van der Waals surface area contributed by atoms with E-state index in [0.29, 0.717) is 37.0 Å². The van der Waals surface area contributed by atoms with Crippen molar-refractivity contribution < 1.29 is 27.4 Å². The smallest absolute Gasteiger partial charge is 0.314 e. The number of carbonyl (C=O) groups excluding carboxylic acids is 1. The van der Waals surface area contributed by atoms with Crippen molar-refractivity contribution in [1.29, 1.82) is 0 Å². The van der Waals surface area contributed by atoms with Crippen LogP contribution in [0, 0.1) is 35.3 Å². The second kappa shape index (κ2) is 11.8. The van der Waals surface area contributed by atoms with Crippen LogP contribution in [0.25, 0.3) is 0 Å². The van der Waals surface area contributed by atoms with Gasteiger partial charge in [-0.2, -0.15) is 8.78 Å². The van der Waals surface area contributed by atoms with Gasteiger partial charge in [0.1, 0.15) is 0 Å². The van der Waals surface area contributed by atoms with Crippen LogP contribution in [0.3, 0.4) is 0 Å².